The van der Waals surface area contributed by atoms with Gasteiger partial charge in [0.25, 0.3) is 0 Å². The molecule has 1 unspecified atom stereocenters. The first-order valence-electron chi connectivity index (χ1n) is 5.76. The highest BCUT2D eigenvalue weighted by Crippen LogP contribution is 2.27. The van der Waals surface area contributed by atoms with Crippen molar-refractivity contribution in [2.45, 2.75) is 50.2 Å². The average Bonchev–Trinajstić information content (AvgIpc) is 2.27. The molecular weight excluding hydrogens is 204 g/mol. The van der Waals surface area contributed by atoms with Gasteiger partial charge in [-0.1, -0.05) is 19.3 Å². The van der Waals surface area contributed by atoms with Gasteiger partial charge in [-0.3, -0.25) is 4.79 Å². The lowest BCUT2D eigenvalue weighted by atomic mass is 9.85. The Balaban J connectivity index is 2.33. The van der Waals surface area contributed by atoms with Crippen molar-refractivity contribution in [2.24, 2.45) is 5.73 Å². The monoisotopic (exact) mass is 224 g/mol. The maximum atomic E-state index is 11.5. The molecule has 90 valence electrons. The summed E-state index contributed by atoms with van der Waals surface area (Å²) in [6.07, 6.45) is 9.99. The standard InChI is InChI=1S/C12H20N2O2/c1-2-6-10(13)11(15)14-9-12(16)7-4-3-5-8-12/h1,10,16H,3-9,13H2,(H,14,15). The molecule has 0 heterocycles. The van der Waals surface area contributed by atoms with Gasteiger partial charge in [-0.25, -0.2) is 0 Å². The van der Waals surface area contributed by atoms with Crippen LogP contribution in [0.5, 0.6) is 0 Å². The van der Waals surface area contributed by atoms with Gasteiger partial charge in [0.2, 0.25) is 5.91 Å². The second-order valence-corrected chi connectivity index (χ2v) is 4.52. The van der Waals surface area contributed by atoms with Crippen LogP contribution in [0.2, 0.25) is 0 Å². The molecule has 1 fully saturated rings. The Kier molecular flexibility index (Phi) is 4.78. The molecule has 0 spiro atoms. The van der Waals surface area contributed by atoms with Gasteiger partial charge in [-0.2, -0.15) is 0 Å². The number of rotatable bonds is 4. The minimum absolute atomic E-state index is 0.226. The Labute approximate surface area is 96.6 Å². The Hall–Kier alpha value is -1.05. The van der Waals surface area contributed by atoms with E-state index in [1.807, 2.05) is 0 Å². The highest BCUT2D eigenvalue weighted by atomic mass is 16.3. The summed E-state index contributed by atoms with van der Waals surface area (Å²) in [5.41, 5.74) is 4.80. The maximum absolute atomic E-state index is 11.5. The third kappa shape index (κ3) is 3.84. The predicted octanol–water partition coefficient (Wildman–Crippen LogP) is 0.148. The topological polar surface area (TPSA) is 75.4 Å². The number of nitrogens with two attached hydrogens (primary N) is 1. The second kappa shape index (κ2) is 5.88. The van der Waals surface area contributed by atoms with Crippen LogP contribution in [0.3, 0.4) is 0 Å². The first-order chi connectivity index (χ1) is 7.57. The zero-order valence-corrected chi connectivity index (χ0v) is 9.54. The minimum Gasteiger partial charge on any atom is -0.388 e. The minimum atomic E-state index is -0.746. The fourth-order valence-corrected chi connectivity index (χ4v) is 1.99. The van der Waals surface area contributed by atoms with Crippen molar-refractivity contribution in [1.29, 1.82) is 0 Å². The van der Waals surface area contributed by atoms with Gasteiger partial charge in [-0.15, -0.1) is 12.3 Å². The van der Waals surface area contributed by atoms with E-state index >= 15 is 0 Å². The molecule has 0 saturated heterocycles. The van der Waals surface area contributed by atoms with E-state index in [9.17, 15) is 9.90 Å². The van der Waals surface area contributed by atoms with Crippen molar-refractivity contribution in [2.75, 3.05) is 6.54 Å². The Morgan fingerprint density at radius 3 is 2.69 bits per heavy atom. The summed E-state index contributed by atoms with van der Waals surface area (Å²) in [6.45, 7) is 0.282. The summed E-state index contributed by atoms with van der Waals surface area (Å²) in [6, 6.07) is -0.669. The Morgan fingerprint density at radius 1 is 1.50 bits per heavy atom. The van der Waals surface area contributed by atoms with Gasteiger partial charge in [0.05, 0.1) is 11.6 Å². The van der Waals surface area contributed by atoms with Crippen LogP contribution in [0, 0.1) is 12.3 Å². The van der Waals surface area contributed by atoms with Crippen LogP contribution < -0.4 is 11.1 Å². The van der Waals surface area contributed by atoms with Gasteiger partial charge in [-0.05, 0) is 12.8 Å². The van der Waals surface area contributed by atoms with Gasteiger partial charge in [0, 0.05) is 13.0 Å². The van der Waals surface area contributed by atoms with Crippen LogP contribution >= 0.6 is 0 Å². The molecule has 16 heavy (non-hydrogen) atoms. The van der Waals surface area contributed by atoms with Crippen molar-refractivity contribution in [3.63, 3.8) is 0 Å². The molecule has 1 aliphatic carbocycles. The van der Waals surface area contributed by atoms with Gasteiger partial charge in [0.15, 0.2) is 0 Å². The van der Waals surface area contributed by atoms with Crippen molar-refractivity contribution in [1.82, 2.24) is 5.32 Å². The smallest absolute Gasteiger partial charge is 0.238 e. The molecule has 0 bridgehead atoms. The fourth-order valence-electron chi connectivity index (χ4n) is 1.99. The number of nitrogens with one attached hydrogen (secondary N) is 1. The first kappa shape index (κ1) is 13.0. The molecule has 0 aliphatic heterocycles. The lowest BCUT2D eigenvalue weighted by Gasteiger charge is -2.32. The summed E-state index contributed by atoms with van der Waals surface area (Å²) in [7, 11) is 0. The van der Waals surface area contributed by atoms with E-state index in [0.717, 1.165) is 32.1 Å². The highest BCUT2D eigenvalue weighted by molar-refractivity contribution is 5.81. The number of aliphatic hydroxyl groups is 1. The van der Waals surface area contributed by atoms with Crippen LogP contribution in [0.1, 0.15) is 38.5 Å². The van der Waals surface area contributed by atoms with Crippen LogP contribution in [0.4, 0.5) is 0 Å². The average molecular weight is 224 g/mol. The molecular formula is C12H20N2O2. The lowest BCUT2D eigenvalue weighted by Crippen LogP contribution is -2.48. The highest BCUT2D eigenvalue weighted by Gasteiger charge is 2.29. The van der Waals surface area contributed by atoms with Crippen molar-refractivity contribution < 1.29 is 9.90 Å². The van der Waals surface area contributed by atoms with E-state index in [4.69, 9.17) is 12.2 Å². The normalized spacial score (nSPS) is 20.8. The molecule has 4 heteroatoms. The molecule has 1 atom stereocenters. The number of carbonyl (C=O) groups excluding carboxylic acids is 1. The van der Waals surface area contributed by atoms with Crippen LogP contribution in [-0.4, -0.2) is 29.2 Å². The molecule has 0 aromatic heterocycles. The van der Waals surface area contributed by atoms with Crippen molar-refractivity contribution >= 4 is 5.91 Å². The van der Waals surface area contributed by atoms with Crippen molar-refractivity contribution in [3.05, 3.63) is 0 Å². The predicted molar refractivity (Wildman–Crippen MR) is 62.5 cm³/mol. The molecule has 1 amide bonds. The summed E-state index contributed by atoms with van der Waals surface area (Å²) in [4.78, 5) is 11.5. The zero-order chi connectivity index (χ0) is 12.0. The number of carbonyl (C=O) groups is 1. The Bertz CT molecular complexity index is 277. The van der Waals surface area contributed by atoms with E-state index in [1.54, 1.807) is 0 Å². The second-order valence-electron chi connectivity index (χ2n) is 4.52. The zero-order valence-electron chi connectivity index (χ0n) is 9.54. The summed E-state index contributed by atoms with van der Waals surface area (Å²) in [5.74, 6) is 2.07. The number of terminal acetylenes is 1. The van der Waals surface area contributed by atoms with E-state index in [-0.39, 0.29) is 18.9 Å². The summed E-state index contributed by atoms with van der Waals surface area (Å²) < 4.78 is 0. The van der Waals surface area contributed by atoms with E-state index in [2.05, 4.69) is 11.2 Å². The SMILES string of the molecule is C#CCC(N)C(=O)NCC1(O)CCCCC1. The van der Waals surface area contributed by atoms with Gasteiger partial charge < -0.3 is 16.2 Å². The van der Waals surface area contributed by atoms with Crippen LogP contribution in [-0.2, 0) is 4.79 Å². The molecule has 1 rings (SSSR count). The summed E-state index contributed by atoms with van der Waals surface area (Å²) >= 11 is 0. The molecule has 4 N–H and O–H groups in total. The molecule has 4 nitrogen and oxygen atoms in total. The molecule has 0 radical (unpaired) electrons. The van der Waals surface area contributed by atoms with Crippen LogP contribution in [0.15, 0.2) is 0 Å². The Morgan fingerprint density at radius 2 is 2.12 bits per heavy atom. The van der Waals surface area contributed by atoms with Gasteiger partial charge in [0.1, 0.15) is 0 Å². The van der Waals surface area contributed by atoms with E-state index < -0.39 is 11.6 Å². The van der Waals surface area contributed by atoms with E-state index in [0.29, 0.717) is 0 Å². The first-order valence-corrected chi connectivity index (χ1v) is 5.76. The summed E-state index contributed by atoms with van der Waals surface area (Å²) in [5, 5.41) is 12.8. The lowest BCUT2D eigenvalue weighted by molar-refractivity contribution is -0.123. The van der Waals surface area contributed by atoms with Crippen LogP contribution in [0.25, 0.3) is 0 Å². The molecule has 0 aromatic carbocycles. The van der Waals surface area contributed by atoms with Gasteiger partial charge >= 0.3 is 0 Å². The quantitative estimate of drug-likeness (QED) is 0.595. The number of hydrogen-bond acceptors (Lipinski definition) is 3. The third-order valence-corrected chi connectivity index (χ3v) is 3.05. The number of amides is 1. The van der Waals surface area contributed by atoms with E-state index in [1.165, 1.54) is 0 Å². The molecule has 1 aliphatic rings. The largest absolute Gasteiger partial charge is 0.388 e. The molecule has 1 saturated carbocycles. The number of hydrogen-bond donors (Lipinski definition) is 3. The fraction of sp³-hybridized carbons (Fsp3) is 0.750. The molecule has 0 aromatic rings. The van der Waals surface area contributed by atoms with Crippen molar-refractivity contribution in [3.8, 4) is 12.3 Å². The maximum Gasteiger partial charge on any atom is 0.238 e. The third-order valence-electron chi connectivity index (χ3n) is 3.05.